The topological polar surface area (TPSA) is 46.3 Å². The number of carbonyl (C=O) groups is 1. The van der Waals surface area contributed by atoms with Gasteiger partial charge in [-0.05, 0) is 27.6 Å². The molecule has 0 spiro atoms. The zero-order valence-corrected chi connectivity index (χ0v) is 10.8. The van der Waals surface area contributed by atoms with E-state index >= 15 is 0 Å². The summed E-state index contributed by atoms with van der Waals surface area (Å²) in [6.07, 6.45) is 0.808. The number of carboxylic acid groups (broad SMARTS) is 1. The average Bonchev–Trinajstić information content (AvgIpc) is 3.12. The SMILES string of the molecule is CN1CC1CC(C(=O)O)(C1CN1C)C1CN1C. The van der Waals surface area contributed by atoms with Gasteiger partial charge in [0.1, 0.15) is 5.41 Å². The molecule has 0 aromatic rings. The minimum absolute atomic E-state index is 0.240. The van der Waals surface area contributed by atoms with Crippen molar-refractivity contribution in [1.29, 1.82) is 0 Å². The van der Waals surface area contributed by atoms with E-state index < -0.39 is 11.4 Å². The Balaban J connectivity index is 1.84. The molecule has 0 bridgehead atoms. The van der Waals surface area contributed by atoms with Gasteiger partial charge < -0.3 is 10.0 Å². The number of likely N-dealkylation sites (N-methyl/N-ethyl adjacent to an activating group) is 3. The van der Waals surface area contributed by atoms with Crippen LogP contribution >= 0.6 is 0 Å². The van der Waals surface area contributed by atoms with Crippen LogP contribution in [-0.2, 0) is 4.79 Å². The summed E-state index contributed by atoms with van der Waals surface area (Å²) in [5.41, 5.74) is -0.543. The van der Waals surface area contributed by atoms with Crippen LogP contribution in [0.3, 0.4) is 0 Å². The molecule has 0 radical (unpaired) electrons. The summed E-state index contributed by atoms with van der Waals surface area (Å²) in [6.45, 7) is 2.93. The van der Waals surface area contributed by atoms with E-state index in [1.54, 1.807) is 0 Å². The fourth-order valence-electron chi connectivity index (χ4n) is 3.33. The third-order valence-electron chi connectivity index (χ3n) is 4.87. The quantitative estimate of drug-likeness (QED) is 0.649. The van der Waals surface area contributed by atoms with E-state index in [-0.39, 0.29) is 12.1 Å². The summed E-state index contributed by atoms with van der Waals surface area (Å²) in [5, 5.41) is 9.77. The predicted octanol–water partition coefficient (Wildman–Crippen LogP) is -0.610. The van der Waals surface area contributed by atoms with E-state index in [0.717, 1.165) is 26.1 Å². The van der Waals surface area contributed by atoms with E-state index in [1.807, 2.05) is 14.1 Å². The van der Waals surface area contributed by atoms with E-state index in [2.05, 4.69) is 21.7 Å². The van der Waals surface area contributed by atoms with Gasteiger partial charge in [0.15, 0.2) is 0 Å². The zero-order chi connectivity index (χ0) is 12.4. The van der Waals surface area contributed by atoms with E-state index in [4.69, 9.17) is 0 Å². The molecular weight excluding hydrogens is 218 g/mol. The molecule has 0 aromatic heterocycles. The smallest absolute Gasteiger partial charge is 0.313 e. The molecule has 96 valence electrons. The molecule has 3 rings (SSSR count). The minimum atomic E-state index is -0.596. The lowest BCUT2D eigenvalue weighted by molar-refractivity contribution is -0.150. The Hall–Kier alpha value is -0.650. The van der Waals surface area contributed by atoms with Crippen LogP contribution in [-0.4, -0.2) is 84.7 Å². The molecule has 1 N–H and O–H groups in total. The number of carboxylic acids is 1. The summed E-state index contributed by atoms with van der Waals surface area (Å²) >= 11 is 0. The van der Waals surface area contributed by atoms with Crippen molar-refractivity contribution in [3.8, 4) is 0 Å². The van der Waals surface area contributed by atoms with Gasteiger partial charge in [0.2, 0.25) is 0 Å². The van der Waals surface area contributed by atoms with Gasteiger partial charge in [0, 0.05) is 37.8 Å². The highest BCUT2D eigenvalue weighted by Gasteiger charge is 2.65. The van der Waals surface area contributed by atoms with Crippen LogP contribution in [0.15, 0.2) is 0 Å². The summed E-state index contributed by atoms with van der Waals surface area (Å²) in [6, 6.07) is 0.960. The number of aliphatic carboxylic acids is 1. The Morgan fingerprint density at radius 3 is 1.76 bits per heavy atom. The van der Waals surface area contributed by atoms with Crippen molar-refractivity contribution in [1.82, 2.24) is 14.7 Å². The van der Waals surface area contributed by atoms with Gasteiger partial charge >= 0.3 is 5.97 Å². The van der Waals surface area contributed by atoms with Gasteiger partial charge in [-0.2, -0.15) is 0 Å². The Bertz CT molecular complexity index is 344. The van der Waals surface area contributed by atoms with Crippen molar-refractivity contribution >= 4 is 5.97 Å². The maximum Gasteiger partial charge on any atom is 0.313 e. The Kier molecular flexibility index (Phi) is 2.31. The van der Waals surface area contributed by atoms with E-state index in [1.165, 1.54) is 0 Å². The lowest BCUT2D eigenvalue weighted by Crippen LogP contribution is -2.46. The van der Waals surface area contributed by atoms with Gasteiger partial charge in [-0.1, -0.05) is 0 Å². The average molecular weight is 239 g/mol. The van der Waals surface area contributed by atoms with Crippen LogP contribution in [0.25, 0.3) is 0 Å². The first kappa shape index (κ1) is 11.4. The normalized spacial score (nSPS) is 50.5. The molecule has 6 unspecified atom stereocenters. The molecule has 3 fully saturated rings. The maximum absolute atomic E-state index is 11.9. The molecule has 0 saturated carbocycles. The minimum Gasteiger partial charge on any atom is -0.481 e. The first-order valence-corrected chi connectivity index (χ1v) is 6.31. The molecule has 5 nitrogen and oxygen atoms in total. The van der Waals surface area contributed by atoms with Crippen LogP contribution in [0.2, 0.25) is 0 Å². The second-order valence-corrected chi connectivity index (χ2v) is 6.05. The van der Waals surface area contributed by atoms with Gasteiger partial charge in [0.05, 0.1) is 0 Å². The first-order valence-electron chi connectivity index (χ1n) is 6.31. The van der Waals surface area contributed by atoms with E-state index in [9.17, 15) is 9.90 Å². The van der Waals surface area contributed by atoms with E-state index in [0.29, 0.717) is 6.04 Å². The molecule has 3 aliphatic rings. The fourth-order valence-corrected chi connectivity index (χ4v) is 3.33. The summed E-state index contributed by atoms with van der Waals surface area (Å²) in [7, 11) is 6.13. The molecule has 0 amide bonds. The van der Waals surface area contributed by atoms with Crippen LogP contribution in [0.4, 0.5) is 0 Å². The molecule has 3 aliphatic heterocycles. The molecule has 0 aromatic carbocycles. The highest BCUT2D eigenvalue weighted by atomic mass is 16.4. The van der Waals surface area contributed by atoms with Gasteiger partial charge in [-0.15, -0.1) is 0 Å². The van der Waals surface area contributed by atoms with Gasteiger partial charge in [0.25, 0.3) is 0 Å². The summed E-state index contributed by atoms with van der Waals surface area (Å²) in [5.74, 6) is -0.596. The Morgan fingerprint density at radius 1 is 1.12 bits per heavy atom. The summed E-state index contributed by atoms with van der Waals surface area (Å²) in [4.78, 5) is 18.5. The molecular formula is C12H21N3O2. The second kappa shape index (κ2) is 3.43. The maximum atomic E-state index is 11.9. The largest absolute Gasteiger partial charge is 0.481 e. The highest BCUT2D eigenvalue weighted by Crippen LogP contribution is 2.50. The first-order chi connectivity index (χ1) is 7.96. The predicted molar refractivity (Wildman–Crippen MR) is 63.9 cm³/mol. The van der Waals surface area contributed by atoms with Gasteiger partial charge in [-0.3, -0.25) is 14.6 Å². The molecule has 5 heteroatoms. The van der Waals surface area contributed by atoms with Crippen LogP contribution in [0.1, 0.15) is 6.42 Å². The number of rotatable bonds is 5. The Morgan fingerprint density at radius 2 is 1.53 bits per heavy atom. The second-order valence-electron chi connectivity index (χ2n) is 6.05. The number of hydrogen-bond donors (Lipinski definition) is 1. The van der Waals surface area contributed by atoms with Crippen LogP contribution in [0.5, 0.6) is 0 Å². The van der Waals surface area contributed by atoms with Crippen molar-refractivity contribution in [2.24, 2.45) is 5.41 Å². The standard InChI is InChI=1S/C12H21N3O2/c1-13-5-8(13)4-12(11(16)17,9-6-14(9)2)10-7-15(10)3/h8-10H,4-7H2,1-3H3,(H,16,17). The zero-order valence-electron chi connectivity index (χ0n) is 10.8. The number of nitrogens with zero attached hydrogens (tertiary/aromatic N) is 3. The van der Waals surface area contributed by atoms with Crippen molar-refractivity contribution in [2.45, 2.75) is 24.5 Å². The highest BCUT2D eigenvalue weighted by molar-refractivity contribution is 5.78. The lowest BCUT2D eigenvalue weighted by Gasteiger charge is -2.29. The third kappa shape index (κ3) is 1.68. The third-order valence-corrected chi connectivity index (χ3v) is 4.87. The van der Waals surface area contributed by atoms with Crippen molar-refractivity contribution in [3.05, 3.63) is 0 Å². The lowest BCUT2D eigenvalue weighted by atomic mass is 9.76. The molecule has 0 aliphatic carbocycles. The Labute approximate surface area is 102 Å². The molecule has 3 heterocycles. The summed E-state index contributed by atoms with van der Waals surface area (Å²) < 4.78 is 0. The van der Waals surface area contributed by atoms with Crippen LogP contribution in [0, 0.1) is 5.41 Å². The van der Waals surface area contributed by atoms with Crippen molar-refractivity contribution in [3.63, 3.8) is 0 Å². The fraction of sp³-hybridized carbons (Fsp3) is 0.917. The molecule has 6 atom stereocenters. The monoisotopic (exact) mass is 239 g/mol. The molecule has 17 heavy (non-hydrogen) atoms. The van der Waals surface area contributed by atoms with Crippen molar-refractivity contribution < 1.29 is 9.90 Å². The van der Waals surface area contributed by atoms with Crippen LogP contribution < -0.4 is 0 Å². The van der Waals surface area contributed by atoms with Crippen molar-refractivity contribution in [2.75, 3.05) is 40.8 Å². The number of hydrogen-bond acceptors (Lipinski definition) is 4. The molecule has 3 saturated heterocycles. The van der Waals surface area contributed by atoms with Gasteiger partial charge in [-0.25, -0.2) is 0 Å².